The fraction of sp³-hybridized carbons (Fsp3) is 0.375. The molecule has 2 nitrogen and oxygen atoms in total. The fourth-order valence-corrected chi connectivity index (χ4v) is 1.87. The van der Waals surface area contributed by atoms with Gasteiger partial charge in [0.25, 0.3) is 0 Å². The van der Waals surface area contributed by atoms with Gasteiger partial charge in [-0.25, -0.2) is 0 Å². The number of nitriles is 1. The summed E-state index contributed by atoms with van der Waals surface area (Å²) in [6.07, 6.45) is 2.96. The zero-order valence-corrected chi connectivity index (χ0v) is 7.24. The molecule has 0 amide bonds. The van der Waals surface area contributed by atoms with Gasteiger partial charge in [-0.2, -0.15) is 5.26 Å². The average Bonchev–Trinajstić information content (AvgIpc) is 2.47. The second-order valence-corrected chi connectivity index (χ2v) is 3.19. The standard InChI is InChI=1S/C8H10N2S/c1-2-7-3-4-11-8(7)5-10-6-9/h3-4,10H,2,5H2,1H3. The molecule has 0 atom stereocenters. The van der Waals surface area contributed by atoms with Gasteiger partial charge in [0, 0.05) is 4.88 Å². The maximum Gasteiger partial charge on any atom is 0.176 e. The van der Waals surface area contributed by atoms with Crippen molar-refractivity contribution < 1.29 is 0 Å². The first-order valence-corrected chi connectivity index (χ1v) is 4.43. The quantitative estimate of drug-likeness (QED) is 0.549. The van der Waals surface area contributed by atoms with Crippen LogP contribution in [-0.2, 0) is 13.0 Å². The molecule has 0 unspecified atom stereocenters. The van der Waals surface area contributed by atoms with E-state index < -0.39 is 0 Å². The zero-order valence-electron chi connectivity index (χ0n) is 6.42. The lowest BCUT2D eigenvalue weighted by molar-refractivity contribution is 0.886. The topological polar surface area (TPSA) is 35.8 Å². The smallest absolute Gasteiger partial charge is 0.176 e. The van der Waals surface area contributed by atoms with Gasteiger partial charge in [0.1, 0.15) is 0 Å². The Morgan fingerprint density at radius 1 is 1.73 bits per heavy atom. The van der Waals surface area contributed by atoms with Gasteiger partial charge < -0.3 is 5.32 Å². The van der Waals surface area contributed by atoms with Crippen molar-refractivity contribution in [1.82, 2.24) is 5.32 Å². The Morgan fingerprint density at radius 3 is 3.18 bits per heavy atom. The molecule has 0 saturated carbocycles. The molecule has 0 aromatic carbocycles. The van der Waals surface area contributed by atoms with Gasteiger partial charge in [-0.15, -0.1) is 11.3 Å². The Hall–Kier alpha value is -1.01. The Balaban J connectivity index is 2.62. The van der Waals surface area contributed by atoms with Crippen molar-refractivity contribution in [3.8, 4) is 6.19 Å². The van der Waals surface area contributed by atoms with Crippen LogP contribution in [0.2, 0.25) is 0 Å². The Morgan fingerprint density at radius 2 is 2.55 bits per heavy atom. The lowest BCUT2D eigenvalue weighted by atomic mass is 10.2. The molecule has 11 heavy (non-hydrogen) atoms. The number of rotatable bonds is 3. The summed E-state index contributed by atoms with van der Waals surface area (Å²) in [4.78, 5) is 1.27. The summed E-state index contributed by atoms with van der Waals surface area (Å²) in [6.45, 7) is 2.80. The van der Waals surface area contributed by atoms with E-state index in [9.17, 15) is 0 Å². The maximum absolute atomic E-state index is 8.27. The molecule has 1 aromatic rings. The second kappa shape index (κ2) is 3.99. The molecule has 0 bridgehead atoms. The van der Waals surface area contributed by atoms with Crippen molar-refractivity contribution >= 4 is 11.3 Å². The zero-order chi connectivity index (χ0) is 8.10. The lowest BCUT2D eigenvalue weighted by Gasteiger charge is -1.97. The SMILES string of the molecule is CCc1ccsc1CNC#N. The summed E-state index contributed by atoms with van der Waals surface area (Å²) >= 11 is 1.70. The van der Waals surface area contributed by atoms with E-state index in [4.69, 9.17) is 5.26 Å². The van der Waals surface area contributed by atoms with Crippen molar-refractivity contribution in [3.05, 3.63) is 21.9 Å². The van der Waals surface area contributed by atoms with Gasteiger partial charge in [0.05, 0.1) is 6.54 Å². The molecule has 3 heteroatoms. The molecular formula is C8H10N2S. The third kappa shape index (κ3) is 1.95. The van der Waals surface area contributed by atoms with E-state index in [2.05, 4.69) is 23.7 Å². The highest BCUT2D eigenvalue weighted by Crippen LogP contribution is 2.16. The number of thiophene rings is 1. The summed E-state index contributed by atoms with van der Waals surface area (Å²) in [5.74, 6) is 0. The largest absolute Gasteiger partial charge is 0.319 e. The number of hydrogen-bond acceptors (Lipinski definition) is 3. The summed E-state index contributed by atoms with van der Waals surface area (Å²) < 4.78 is 0. The molecule has 0 fully saturated rings. The molecule has 1 heterocycles. The van der Waals surface area contributed by atoms with Gasteiger partial charge >= 0.3 is 0 Å². The van der Waals surface area contributed by atoms with Crippen LogP contribution < -0.4 is 5.32 Å². The first-order valence-electron chi connectivity index (χ1n) is 3.55. The summed E-state index contributed by atoms with van der Waals surface area (Å²) in [6, 6.07) is 2.11. The predicted molar refractivity (Wildman–Crippen MR) is 46.1 cm³/mol. The van der Waals surface area contributed by atoms with Gasteiger partial charge in [-0.1, -0.05) is 6.92 Å². The molecule has 1 rings (SSSR count). The molecule has 0 radical (unpaired) electrons. The van der Waals surface area contributed by atoms with Crippen molar-refractivity contribution in [2.75, 3.05) is 0 Å². The van der Waals surface area contributed by atoms with E-state index >= 15 is 0 Å². The van der Waals surface area contributed by atoms with E-state index in [1.807, 2.05) is 6.19 Å². The number of nitrogens with one attached hydrogen (secondary N) is 1. The molecule has 1 N–H and O–H groups in total. The number of nitrogens with zero attached hydrogens (tertiary/aromatic N) is 1. The number of hydrogen-bond donors (Lipinski definition) is 1. The molecular weight excluding hydrogens is 156 g/mol. The Labute approximate surface area is 70.5 Å². The average molecular weight is 166 g/mol. The third-order valence-electron chi connectivity index (χ3n) is 1.55. The highest BCUT2D eigenvalue weighted by molar-refractivity contribution is 7.10. The van der Waals surface area contributed by atoms with Crippen LogP contribution in [0, 0.1) is 11.5 Å². The van der Waals surface area contributed by atoms with Gasteiger partial charge in [-0.05, 0) is 23.4 Å². The Kier molecular flexibility index (Phi) is 2.94. The van der Waals surface area contributed by atoms with Crippen LogP contribution in [-0.4, -0.2) is 0 Å². The fourth-order valence-electron chi connectivity index (χ4n) is 0.957. The first kappa shape index (κ1) is 8.09. The monoisotopic (exact) mass is 166 g/mol. The molecule has 0 spiro atoms. The van der Waals surface area contributed by atoms with Gasteiger partial charge in [0.2, 0.25) is 0 Å². The first-order chi connectivity index (χ1) is 5.38. The molecule has 0 aliphatic carbocycles. The predicted octanol–water partition coefficient (Wildman–Crippen LogP) is 1.88. The second-order valence-electron chi connectivity index (χ2n) is 2.19. The highest BCUT2D eigenvalue weighted by Gasteiger charge is 1.99. The van der Waals surface area contributed by atoms with E-state index in [1.165, 1.54) is 10.4 Å². The van der Waals surface area contributed by atoms with Gasteiger partial charge in [0.15, 0.2) is 6.19 Å². The molecule has 58 valence electrons. The molecule has 1 aromatic heterocycles. The minimum Gasteiger partial charge on any atom is -0.319 e. The normalized spacial score (nSPS) is 9.09. The van der Waals surface area contributed by atoms with Crippen LogP contribution >= 0.6 is 11.3 Å². The van der Waals surface area contributed by atoms with Crippen LogP contribution in [0.4, 0.5) is 0 Å². The molecule has 0 saturated heterocycles. The third-order valence-corrected chi connectivity index (χ3v) is 2.51. The van der Waals surface area contributed by atoms with Crippen molar-refractivity contribution in [1.29, 1.82) is 5.26 Å². The summed E-state index contributed by atoms with van der Waals surface area (Å²) in [5, 5.41) is 13.0. The van der Waals surface area contributed by atoms with Crippen LogP contribution in [0.25, 0.3) is 0 Å². The van der Waals surface area contributed by atoms with E-state index in [1.54, 1.807) is 11.3 Å². The number of aryl methyl sites for hydroxylation is 1. The van der Waals surface area contributed by atoms with E-state index in [0.29, 0.717) is 6.54 Å². The highest BCUT2D eigenvalue weighted by atomic mass is 32.1. The Bertz CT molecular complexity index is 259. The van der Waals surface area contributed by atoms with E-state index in [0.717, 1.165) is 6.42 Å². The summed E-state index contributed by atoms with van der Waals surface area (Å²) in [5.41, 5.74) is 1.35. The molecule has 0 aliphatic rings. The van der Waals surface area contributed by atoms with Crippen LogP contribution in [0.1, 0.15) is 17.4 Å². The maximum atomic E-state index is 8.27. The minimum absolute atomic E-state index is 0.678. The van der Waals surface area contributed by atoms with Crippen molar-refractivity contribution in [2.24, 2.45) is 0 Å². The summed E-state index contributed by atoms with van der Waals surface area (Å²) in [7, 11) is 0. The van der Waals surface area contributed by atoms with E-state index in [-0.39, 0.29) is 0 Å². The van der Waals surface area contributed by atoms with Crippen LogP contribution in [0.3, 0.4) is 0 Å². The van der Waals surface area contributed by atoms with Gasteiger partial charge in [-0.3, -0.25) is 0 Å². The van der Waals surface area contributed by atoms with Crippen molar-refractivity contribution in [3.63, 3.8) is 0 Å². The van der Waals surface area contributed by atoms with Crippen LogP contribution in [0.5, 0.6) is 0 Å². The van der Waals surface area contributed by atoms with Crippen LogP contribution in [0.15, 0.2) is 11.4 Å². The van der Waals surface area contributed by atoms with Crippen molar-refractivity contribution in [2.45, 2.75) is 19.9 Å². The lowest BCUT2D eigenvalue weighted by Crippen LogP contribution is -2.04. The molecule has 0 aliphatic heterocycles. The minimum atomic E-state index is 0.678.